The predicted molar refractivity (Wildman–Crippen MR) is 144 cm³/mol. The van der Waals surface area contributed by atoms with Crippen molar-refractivity contribution in [2.75, 3.05) is 27.2 Å². The van der Waals surface area contributed by atoms with Crippen LogP contribution in [0.5, 0.6) is 0 Å². The molecule has 6 fully saturated rings. The van der Waals surface area contributed by atoms with E-state index in [0.29, 0.717) is 35.4 Å². The maximum absolute atomic E-state index is 12.4. The zero-order valence-corrected chi connectivity index (χ0v) is 23.9. The summed E-state index contributed by atoms with van der Waals surface area (Å²) >= 11 is 0. The Morgan fingerprint density at radius 3 is 2.47 bits per heavy atom. The number of hydrogen-bond acceptors (Lipinski definition) is 4. The van der Waals surface area contributed by atoms with E-state index < -0.39 is 0 Å². The Labute approximate surface area is 220 Å². The van der Waals surface area contributed by atoms with Crippen molar-refractivity contribution in [1.82, 2.24) is 15.5 Å². The quantitative estimate of drug-likeness (QED) is 0.570. The minimum Gasteiger partial charge on any atom is -0.357 e. The highest BCUT2D eigenvalue weighted by Crippen LogP contribution is 2.71. The van der Waals surface area contributed by atoms with Gasteiger partial charge in [-0.3, -0.25) is 10.1 Å². The fourth-order valence-corrected chi connectivity index (χ4v) is 11.1. The molecule has 0 radical (unpaired) electrons. The van der Waals surface area contributed by atoms with Crippen LogP contribution >= 0.6 is 0 Å². The zero-order chi connectivity index (χ0) is 25.5. The number of likely N-dealkylation sites (N-methyl/N-ethyl adjacent to an activating group) is 1. The molecule has 5 nitrogen and oxygen atoms in total. The van der Waals surface area contributed by atoms with Crippen molar-refractivity contribution in [2.24, 2.45) is 52.3 Å². The summed E-state index contributed by atoms with van der Waals surface area (Å²) in [5, 5.41) is 7.28. The van der Waals surface area contributed by atoms with Crippen LogP contribution in [-0.2, 0) is 9.53 Å². The minimum absolute atomic E-state index is 0.0499. The van der Waals surface area contributed by atoms with Crippen molar-refractivity contribution in [3.63, 3.8) is 0 Å². The second kappa shape index (κ2) is 8.95. The summed E-state index contributed by atoms with van der Waals surface area (Å²) in [6.07, 6.45) is 13.5. The first-order valence-electron chi connectivity index (χ1n) is 15.4. The lowest BCUT2D eigenvalue weighted by Crippen LogP contribution is -2.58. The van der Waals surface area contributed by atoms with Gasteiger partial charge in [0.1, 0.15) is 5.72 Å². The van der Waals surface area contributed by atoms with Crippen molar-refractivity contribution in [1.29, 1.82) is 0 Å². The summed E-state index contributed by atoms with van der Waals surface area (Å²) in [4.78, 5) is 14.4. The molecule has 1 spiro atoms. The Bertz CT molecular complexity index is 853. The monoisotopic (exact) mass is 499 g/mol. The van der Waals surface area contributed by atoms with Crippen molar-refractivity contribution < 1.29 is 9.53 Å². The highest BCUT2D eigenvalue weighted by atomic mass is 16.5. The number of fused-ring (bicyclic) bond motifs is 7. The Morgan fingerprint density at radius 2 is 1.75 bits per heavy atom. The van der Waals surface area contributed by atoms with Gasteiger partial charge in [0.2, 0.25) is 5.91 Å². The van der Waals surface area contributed by atoms with E-state index in [4.69, 9.17) is 4.74 Å². The summed E-state index contributed by atoms with van der Waals surface area (Å²) in [5.74, 6) is 5.66. The second-order valence-electron chi connectivity index (χ2n) is 15.1. The predicted octanol–water partition coefficient (Wildman–Crippen LogP) is 5.05. The summed E-state index contributed by atoms with van der Waals surface area (Å²) in [6, 6.07) is 0.378. The van der Waals surface area contributed by atoms with Crippen molar-refractivity contribution in [2.45, 2.75) is 110 Å². The Morgan fingerprint density at radius 1 is 0.972 bits per heavy atom. The van der Waals surface area contributed by atoms with Crippen LogP contribution in [0.15, 0.2) is 0 Å². The Kier molecular flexibility index (Phi) is 6.37. The van der Waals surface area contributed by atoms with Gasteiger partial charge in [-0.2, -0.15) is 0 Å². The van der Waals surface area contributed by atoms with E-state index in [1.807, 2.05) is 19.0 Å². The number of ether oxygens (including phenoxy) is 1. The van der Waals surface area contributed by atoms with Gasteiger partial charge in [-0.1, -0.05) is 27.7 Å². The summed E-state index contributed by atoms with van der Waals surface area (Å²) < 4.78 is 7.07. The number of rotatable bonds is 3. The first-order chi connectivity index (χ1) is 17.1. The van der Waals surface area contributed by atoms with Crippen LogP contribution < -0.4 is 10.6 Å². The molecule has 2 N–H and O–H groups in total. The molecule has 0 aromatic carbocycles. The van der Waals surface area contributed by atoms with Crippen LogP contribution in [0.4, 0.5) is 0 Å². The largest absolute Gasteiger partial charge is 0.357 e. The second-order valence-corrected chi connectivity index (χ2v) is 15.1. The molecule has 0 aromatic rings. The van der Waals surface area contributed by atoms with Gasteiger partial charge in [-0.15, -0.1) is 0 Å². The van der Waals surface area contributed by atoms with Gasteiger partial charge < -0.3 is 15.0 Å². The van der Waals surface area contributed by atoms with Crippen LogP contribution in [0.2, 0.25) is 0 Å². The van der Waals surface area contributed by atoms with Gasteiger partial charge >= 0.3 is 0 Å². The molecule has 6 rings (SSSR count). The molecule has 36 heavy (non-hydrogen) atoms. The number of piperidine rings is 1. The average Bonchev–Trinajstić information content (AvgIpc) is 3.26. The molecule has 12 atom stereocenters. The summed E-state index contributed by atoms with van der Waals surface area (Å²) in [6.45, 7) is 11.8. The van der Waals surface area contributed by atoms with Crippen LogP contribution in [0.1, 0.15) is 91.9 Å². The van der Waals surface area contributed by atoms with Crippen molar-refractivity contribution >= 4 is 5.91 Å². The molecule has 204 valence electrons. The number of nitrogens with one attached hydrogen (secondary N) is 2. The van der Waals surface area contributed by atoms with E-state index in [2.05, 4.69) is 38.3 Å². The van der Waals surface area contributed by atoms with Gasteiger partial charge in [-0.05, 0) is 125 Å². The molecule has 2 heterocycles. The fraction of sp³-hybridized carbons (Fsp3) is 0.968. The summed E-state index contributed by atoms with van der Waals surface area (Å²) in [7, 11) is 3.95. The van der Waals surface area contributed by atoms with Crippen LogP contribution in [0.25, 0.3) is 0 Å². The Balaban J connectivity index is 1.15. The number of nitrogens with zero attached hydrogens (tertiary/aromatic N) is 1. The molecule has 5 heteroatoms. The molecule has 6 aliphatic rings. The Hall–Kier alpha value is -0.650. The lowest BCUT2D eigenvalue weighted by Gasteiger charge is -2.61. The van der Waals surface area contributed by atoms with Crippen LogP contribution in [0, 0.1) is 52.3 Å². The van der Waals surface area contributed by atoms with Crippen LogP contribution in [0.3, 0.4) is 0 Å². The molecule has 4 saturated carbocycles. The molecule has 2 aliphatic heterocycles. The molecule has 0 aromatic heterocycles. The lowest BCUT2D eigenvalue weighted by atomic mass is 9.44. The van der Waals surface area contributed by atoms with Crippen LogP contribution in [-0.4, -0.2) is 55.9 Å². The first kappa shape index (κ1) is 25.6. The van der Waals surface area contributed by atoms with Gasteiger partial charge in [0.15, 0.2) is 0 Å². The maximum atomic E-state index is 12.4. The van der Waals surface area contributed by atoms with E-state index in [9.17, 15) is 4.79 Å². The highest BCUT2D eigenvalue weighted by molar-refractivity contribution is 5.78. The van der Waals surface area contributed by atoms with E-state index >= 15 is 0 Å². The number of hydrogen-bond donors (Lipinski definition) is 2. The molecule has 0 bridgehead atoms. The normalized spacial score (nSPS) is 54.0. The fourth-order valence-electron chi connectivity index (χ4n) is 11.1. The molecule has 1 unspecified atom stereocenters. The first-order valence-corrected chi connectivity index (χ1v) is 15.4. The molecule has 1 amide bonds. The molecule has 2 saturated heterocycles. The third kappa shape index (κ3) is 3.84. The van der Waals surface area contributed by atoms with Gasteiger partial charge in [0.25, 0.3) is 0 Å². The third-order valence-corrected chi connectivity index (χ3v) is 13.0. The lowest BCUT2D eigenvalue weighted by molar-refractivity contribution is -0.136. The minimum atomic E-state index is -0.0499. The average molecular weight is 500 g/mol. The van der Waals surface area contributed by atoms with E-state index in [1.165, 1.54) is 57.8 Å². The SMILES string of the molecule is C[C@@H]1CC[C@@]2(NC1)O[C@H]1C[C@H]3[C@@H]4CC[C@@H]5CC(NC(=O)CN(C)C)CC[C@]5(C)[C@H]4CC[C@]3(C)[C@H]1[C@@H]2C. The smallest absolute Gasteiger partial charge is 0.234 e. The van der Waals surface area contributed by atoms with Crippen molar-refractivity contribution in [3.05, 3.63) is 0 Å². The molecular formula is C31H53N3O2. The molecule has 4 aliphatic carbocycles. The van der Waals surface area contributed by atoms with E-state index in [0.717, 1.165) is 48.5 Å². The highest BCUT2D eigenvalue weighted by Gasteiger charge is 2.68. The third-order valence-electron chi connectivity index (χ3n) is 13.0. The van der Waals surface area contributed by atoms with E-state index in [1.54, 1.807) is 0 Å². The topological polar surface area (TPSA) is 53.6 Å². The maximum Gasteiger partial charge on any atom is 0.234 e. The standard InChI is InChI=1S/C31H53N3O2/c1-19-9-14-31(32-17-19)20(2)28-26(36-31)16-25-23-8-7-21-15-22(33-27(35)18-34(5)6)10-12-29(21,3)24(23)11-13-30(25,28)4/h19-26,28,32H,7-18H2,1-6H3,(H,33,35)/t19-,20+,21-,22?,23-,24+,25+,26+,28+,29+,30+,31-/m1/s1. The number of carbonyl (C=O) groups excluding carboxylic acids is 1. The van der Waals surface area contributed by atoms with Gasteiger partial charge in [0, 0.05) is 18.5 Å². The zero-order valence-electron chi connectivity index (χ0n) is 23.9. The number of carbonyl (C=O) groups is 1. The van der Waals surface area contributed by atoms with Crippen molar-refractivity contribution in [3.8, 4) is 0 Å². The number of amides is 1. The summed E-state index contributed by atoms with van der Waals surface area (Å²) in [5.41, 5.74) is 0.852. The van der Waals surface area contributed by atoms with Gasteiger partial charge in [0.05, 0.1) is 12.6 Å². The van der Waals surface area contributed by atoms with Gasteiger partial charge in [-0.25, -0.2) is 0 Å². The van der Waals surface area contributed by atoms with E-state index in [-0.39, 0.29) is 11.6 Å². The molecular weight excluding hydrogens is 446 g/mol.